The molecule has 4 heterocycles. The van der Waals surface area contributed by atoms with E-state index in [1.807, 2.05) is 11.3 Å². The third-order valence-electron chi connectivity index (χ3n) is 7.44. The van der Waals surface area contributed by atoms with E-state index >= 15 is 0 Å². The molecule has 0 aliphatic heterocycles. The Morgan fingerprint density at radius 3 is 2.18 bits per heavy atom. The van der Waals surface area contributed by atoms with E-state index in [2.05, 4.69) is 100 Å². The number of nitrogens with zero attached hydrogens (tertiary/aromatic N) is 1. The molecule has 0 amide bonds. The molecule has 5 aromatic carbocycles. The highest BCUT2D eigenvalue weighted by molar-refractivity contribution is 7.25. The van der Waals surface area contributed by atoms with Gasteiger partial charge in [-0.1, -0.05) is 54.6 Å². The van der Waals surface area contributed by atoms with Gasteiger partial charge in [0, 0.05) is 58.1 Å². The molecular weight excluding hydrogens is 420 g/mol. The van der Waals surface area contributed by atoms with Crippen molar-refractivity contribution >= 4 is 91.4 Å². The van der Waals surface area contributed by atoms with Crippen LogP contribution in [0, 0.1) is 0 Å². The smallest absolute Gasteiger partial charge is 0.0619 e. The number of H-pyrrole nitrogens is 1. The van der Waals surface area contributed by atoms with Crippen LogP contribution in [-0.2, 0) is 0 Å². The number of rotatable bonds is 0. The highest BCUT2D eigenvalue weighted by atomic mass is 32.1. The molecular formula is C30H16N2S. The molecule has 0 bridgehead atoms. The van der Waals surface area contributed by atoms with Crippen LogP contribution >= 0.6 is 11.3 Å². The van der Waals surface area contributed by atoms with Gasteiger partial charge in [-0.15, -0.1) is 11.3 Å². The Balaban J connectivity index is 1.70. The van der Waals surface area contributed by atoms with Crippen LogP contribution in [0.3, 0.4) is 0 Å². The van der Waals surface area contributed by atoms with E-state index in [4.69, 9.17) is 0 Å². The molecule has 0 fully saturated rings. The summed E-state index contributed by atoms with van der Waals surface area (Å²) < 4.78 is 5.22. The summed E-state index contributed by atoms with van der Waals surface area (Å²) in [5.74, 6) is 0. The fraction of sp³-hybridized carbons (Fsp3) is 0. The van der Waals surface area contributed by atoms with Crippen LogP contribution in [0.1, 0.15) is 0 Å². The molecule has 9 rings (SSSR count). The van der Waals surface area contributed by atoms with Crippen LogP contribution in [0.15, 0.2) is 91.0 Å². The summed E-state index contributed by atoms with van der Waals surface area (Å²) in [5.41, 5.74) is 6.25. The highest BCUT2D eigenvalue weighted by Crippen LogP contribution is 2.44. The first-order valence-corrected chi connectivity index (χ1v) is 12.1. The molecule has 3 heteroatoms. The zero-order valence-electron chi connectivity index (χ0n) is 17.5. The summed E-state index contributed by atoms with van der Waals surface area (Å²) in [4.78, 5) is 3.67. The standard InChI is InChI=1S/C30H16N2S/c1-2-13-26-16(6-1)21-14-25-20(15-27(21)33-26)19-9-3-8-18-17-7-4-10-22-28(17)29-23(31-22)11-5-12-24(29)32(25)30(18)19/h1-15,31H. The fourth-order valence-electron chi connectivity index (χ4n) is 6.14. The van der Waals surface area contributed by atoms with Crippen molar-refractivity contribution < 1.29 is 0 Å². The highest BCUT2D eigenvalue weighted by Gasteiger charge is 2.19. The van der Waals surface area contributed by atoms with Crippen LogP contribution in [-0.4, -0.2) is 9.38 Å². The molecule has 0 spiro atoms. The topological polar surface area (TPSA) is 20.2 Å². The second-order valence-corrected chi connectivity index (χ2v) is 10.1. The number of hydrogen-bond donors (Lipinski definition) is 1. The van der Waals surface area contributed by atoms with E-state index in [-0.39, 0.29) is 0 Å². The third-order valence-corrected chi connectivity index (χ3v) is 8.58. The molecule has 0 aliphatic carbocycles. The second kappa shape index (κ2) is 5.45. The third kappa shape index (κ3) is 1.84. The summed E-state index contributed by atoms with van der Waals surface area (Å²) in [5, 5.41) is 10.6. The maximum atomic E-state index is 3.67. The Bertz CT molecular complexity index is 2240. The van der Waals surface area contributed by atoms with Crippen molar-refractivity contribution in [2.75, 3.05) is 0 Å². The molecule has 0 saturated heterocycles. The van der Waals surface area contributed by atoms with Gasteiger partial charge in [-0.3, -0.25) is 0 Å². The number of aromatic amines is 1. The quantitative estimate of drug-likeness (QED) is 0.245. The first kappa shape index (κ1) is 16.5. The Morgan fingerprint density at radius 1 is 0.515 bits per heavy atom. The maximum absolute atomic E-state index is 3.67. The first-order valence-electron chi connectivity index (χ1n) is 11.3. The lowest BCUT2D eigenvalue weighted by Crippen LogP contribution is -1.85. The number of fused-ring (bicyclic) bond motifs is 8. The lowest BCUT2D eigenvalue weighted by atomic mass is 10.0. The van der Waals surface area contributed by atoms with Gasteiger partial charge >= 0.3 is 0 Å². The minimum atomic E-state index is 1.19. The van der Waals surface area contributed by atoms with E-state index < -0.39 is 0 Å². The van der Waals surface area contributed by atoms with Gasteiger partial charge in [0.2, 0.25) is 0 Å². The number of nitrogens with one attached hydrogen (secondary N) is 1. The van der Waals surface area contributed by atoms with Crippen LogP contribution in [0.25, 0.3) is 80.1 Å². The molecule has 0 atom stereocenters. The number of thiophene rings is 1. The van der Waals surface area contributed by atoms with Crippen molar-refractivity contribution in [2.24, 2.45) is 0 Å². The summed E-state index contributed by atoms with van der Waals surface area (Å²) >= 11 is 1.89. The summed E-state index contributed by atoms with van der Waals surface area (Å²) in [6, 6.07) is 33.7. The van der Waals surface area contributed by atoms with E-state index in [0.29, 0.717) is 0 Å². The minimum Gasteiger partial charge on any atom is -0.354 e. The monoisotopic (exact) mass is 436 g/mol. The Kier molecular flexibility index (Phi) is 2.73. The van der Waals surface area contributed by atoms with Gasteiger partial charge in [-0.2, -0.15) is 0 Å². The lowest BCUT2D eigenvalue weighted by Gasteiger charge is -2.02. The van der Waals surface area contributed by atoms with Gasteiger partial charge in [0.1, 0.15) is 0 Å². The van der Waals surface area contributed by atoms with Gasteiger partial charge in [0.25, 0.3) is 0 Å². The Morgan fingerprint density at radius 2 is 1.24 bits per heavy atom. The average Bonchev–Trinajstić information content (AvgIpc) is 3.48. The van der Waals surface area contributed by atoms with Crippen LogP contribution in [0.2, 0.25) is 0 Å². The van der Waals surface area contributed by atoms with E-state index in [1.165, 1.54) is 80.1 Å². The minimum absolute atomic E-state index is 1.19. The van der Waals surface area contributed by atoms with Crippen LogP contribution in [0.5, 0.6) is 0 Å². The molecule has 152 valence electrons. The maximum Gasteiger partial charge on any atom is 0.0619 e. The molecule has 9 aromatic rings. The van der Waals surface area contributed by atoms with Gasteiger partial charge in [-0.25, -0.2) is 0 Å². The molecule has 1 N–H and O–H groups in total. The zero-order chi connectivity index (χ0) is 21.3. The SMILES string of the molecule is c1ccc2c(c1)sc1cc3c4cccc5c6cccc7[nH]c8cccc(c8c76)n(c3cc12)c54. The van der Waals surface area contributed by atoms with Gasteiger partial charge in [-0.05, 0) is 41.8 Å². The number of benzene rings is 5. The second-order valence-electron chi connectivity index (χ2n) is 9.05. The molecule has 33 heavy (non-hydrogen) atoms. The van der Waals surface area contributed by atoms with Crippen molar-refractivity contribution in [3.8, 4) is 0 Å². The molecule has 0 aliphatic rings. The molecule has 0 saturated carbocycles. The molecule has 0 radical (unpaired) electrons. The molecule has 4 aromatic heterocycles. The fourth-order valence-corrected chi connectivity index (χ4v) is 7.27. The van der Waals surface area contributed by atoms with Gasteiger partial charge in [0.05, 0.1) is 16.6 Å². The van der Waals surface area contributed by atoms with Crippen molar-refractivity contribution in [3.05, 3.63) is 91.0 Å². The van der Waals surface area contributed by atoms with Crippen LogP contribution in [0.4, 0.5) is 0 Å². The summed E-state index contributed by atoms with van der Waals surface area (Å²) in [7, 11) is 0. The van der Waals surface area contributed by atoms with E-state index in [1.54, 1.807) is 0 Å². The van der Waals surface area contributed by atoms with Crippen LogP contribution < -0.4 is 0 Å². The van der Waals surface area contributed by atoms with Crippen molar-refractivity contribution in [1.82, 2.24) is 9.38 Å². The van der Waals surface area contributed by atoms with Crippen molar-refractivity contribution in [2.45, 2.75) is 0 Å². The Hall–Kier alpha value is -4.08. The van der Waals surface area contributed by atoms with Gasteiger partial charge < -0.3 is 9.38 Å². The normalized spacial score (nSPS) is 12.8. The molecule has 2 nitrogen and oxygen atoms in total. The number of hydrogen-bond acceptors (Lipinski definition) is 1. The van der Waals surface area contributed by atoms with E-state index in [0.717, 1.165) is 0 Å². The largest absolute Gasteiger partial charge is 0.354 e. The lowest BCUT2D eigenvalue weighted by molar-refractivity contribution is 1.36. The summed E-state index contributed by atoms with van der Waals surface area (Å²) in [6.45, 7) is 0. The Labute approximate surface area is 191 Å². The van der Waals surface area contributed by atoms with Crippen molar-refractivity contribution in [3.63, 3.8) is 0 Å². The van der Waals surface area contributed by atoms with E-state index in [9.17, 15) is 0 Å². The predicted molar refractivity (Wildman–Crippen MR) is 143 cm³/mol. The number of para-hydroxylation sites is 1. The zero-order valence-corrected chi connectivity index (χ0v) is 18.3. The number of aromatic nitrogens is 2. The van der Waals surface area contributed by atoms with Gasteiger partial charge in [0.15, 0.2) is 0 Å². The van der Waals surface area contributed by atoms with Crippen molar-refractivity contribution in [1.29, 1.82) is 0 Å². The first-order chi connectivity index (χ1) is 16.4. The molecule has 0 unspecified atom stereocenters. The predicted octanol–water partition coefficient (Wildman–Crippen LogP) is 8.84. The summed E-state index contributed by atoms with van der Waals surface area (Å²) in [6.07, 6.45) is 0. The average molecular weight is 437 g/mol.